The molecule has 0 aromatic rings. The number of likely N-dealkylation sites (tertiary alicyclic amines) is 1. The third-order valence-electron chi connectivity index (χ3n) is 3.34. The molecule has 1 heterocycles. The fourth-order valence-corrected chi connectivity index (χ4v) is 2.85. The molecule has 19 heavy (non-hydrogen) atoms. The van der Waals surface area contributed by atoms with Gasteiger partial charge in [-0.2, -0.15) is 0 Å². The van der Waals surface area contributed by atoms with E-state index in [0.29, 0.717) is 12.6 Å². The van der Waals surface area contributed by atoms with Crippen LogP contribution in [-0.2, 0) is 9.59 Å². The van der Waals surface area contributed by atoms with Gasteiger partial charge >= 0.3 is 5.97 Å². The summed E-state index contributed by atoms with van der Waals surface area (Å²) >= 11 is 1.13. The number of carboxylic acids is 1. The molecule has 1 fully saturated rings. The lowest BCUT2D eigenvalue weighted by atomic mass is 10.0. The van der Waals surface area contributed by atoms with Crippen molar-refractivity contribution in [3.05, 3.63) is 0 Å². The first-order valence-corrected chi connectivity index (χ1v) is 8.05. The van der Waals surface area contributed by atoms with E-state index in [1.807, 2.05) is 0 Å². The molecule has 1 aliphatic heterocycles. The molecule has 0 aliphatic carbocycles. The average Bonchev–Trinajstić information content (AvgIpc) is 2.36. The maximum absolute atomic E-state index is 11.4. The molecule has 5 nitrogen and oxygen atoms in total. The lowest BCUT2D eigenvalue weighted by molar-refractivity contribution is -0.133. The van der Waals surface area contributed by atoms with Gasteiger partial charge in [-0.25, -0.2) is 0 Å². The highest BCUT2D eigenvalue weighted by Crippen LogP contribution is 2.15. The van der Waals surface area contributed by atoms with Crippen LogP contribution in [0.1, 0.15) is 32.6 Å². The summed E-state index contributed by atoms with van der Waals surface area (Å²) in [4.78, 5) is 24.2. The highest BCUT2D eigenvalue weighted by atomic mass is 32.2. The van der Waals surface area contributed by atoms with Gasteiger partial charge in [-0.15, -0.1) is 11.8 Å². The van der Waals surface area contributed by atoms with E-state index in [0.717, 1.165) is 24.7 Å². The molecular formula is C13H24N2O3S. The minimum Gasteiger partial charge on any atom is -0.481 e. The summed E-state index contributed by atoms with van der Waals surface area (Å²) in [5.41, 5.74) is 0. The molecule has 0 saturated carbocycles. The van der Waals surface area contributed by atoms with E-state index in [4.69, 9.17) is 5.11 Å². The number of hydrogen-bond acceptors (Lipinski definition) is 4. The van der Waals surface area contributed by atoms with Crippen LogP contribution in [0, 0.1) is 0 Å². The smallest absolute Gasteiger partial charge is 0.313 e. The van der Waals surface area contributed by atoms with Crippen LogP contribution in [-0.4, -0.2) is 59.1 Å². The number of hydrogen-bond donors (Lipinski definition) is 2. The molecular weight excluding hydrogens is 264 g/mol. The quantitative estimate of drug-likeness (QED) is 0.657. The monoisotopic (exact) mass is 288 g/mol. The molecule has 6 heteroatoms. The first-order chi connectivity index (χ1) is 9.09. The van der Waals surface area contributed by atoms with Crippen LogP contribution < -0.4 is 5.32 Å². The number of rotatable bonds is 8. The third kappa shape index (κ3) is 7.42. The van der Waals surface area contributed by atoms with Gasteiger partial charge in [0.25, 0.3) is 0 Å². The van der Waals surface area contributed by atoms with Crippen LogP contribution in [0.5, 0.6) is 0 Å². The summed E-state index contributed by atoms with van der Waals surface area (Å²) in [6.45, 7) is 5.14. The first-order valence-electron chi connectivity index (χ1n) is 6.90. The van der Waals surface area contributed by atoms with Crippen molar-refractivity contribution < 1.29 is 14.7 Å². The molecule has 1 atom stereocenters. The molecule has 0 spiro atoms. The lowest BCUT2D eigenvalue weighted by Crippen LogP contribution is -2.39. The SMILES string of the molecule is CC1CCCCN1CCCNC(=O)CSCC(=O)O. The van der Waals surface area contributed by atoms with Crippen LogP contribution in [0.2, 0.25) is 0 Å². The topological polar surface area (TPSA) is 69.6 Å². The number of nitrogens with zero attached hydrogens (tertiary/aromatic N) is 1. The Balaban J connectivity index is 2.00. The Hall–Kier alpha value is -0.750. The van der Waals surface area contributed by atoms with Crippen LogP contribution in [0.4, 0.5) is 0 Å². The van der Waals surface area contributed by atoms with Gasteiger partial charge in [-0.3, -0.25) is 9.59 Å². The molecule has 1 saturated heterocycles. The van der Waals surface area contributed by atoms with Gasteiger partial charge in [0.2, 0.25) is 5.91 Å². The van der Waals surface area contributed by atoms with Crippen molar-refractivity contribution in [3.8, 4) is 0 Å². The minimum atomic E-state index is -0.878. The molecule has 0 radical (unpaired) electrons. The Bertz CT molecular complexity index is 300. The molecule has 110 valence electrons. The summed E-state index contributed by atoms with van der Waals surface area (Å²) in [5.74, 6) is -0.736. The predicted molar refractivity (Wildman–Crippen MR) is 77.5 cm³/mol. The zero-order valence-corrected chi connectivity index (χ0v) is 12.4. The average molecular weight is 288 g/mol. The van der Waals surface area contributed by atoms with Crippen molar-refractivity contribution >= 4 is 23.6 Å². The number of aliphatic carboxylic acids is 1. The molecule has 1 amide bonds. The maximum Gasteiger partial charge on any atom is 0.313 e. The number of amides is 1. The van der Waals surface area contributed by atoms with Gasteiger partial charge < -0.3 is 15.3 Å². The molecule has 1 rings (SSSR count). The number of carboxylic acid groups (broad SMARTS) is 1. The standard InChI is InChI=1S/C13H24N2O3S/c1-11-5-2-3-7-15(11)8-4-6-14-12(16)9-19-10-13(17)18/h11H,2-10H2,1H3,(H,14,16)(H,17,18). The Morgan fingerprint density at radius 1 is 1.37 bits per heavy atom. The molecule has 1 aliphatic rings. The highest BCUT2D eigenvalue weighted by molar-refractivity contribution is 8.00. The van der Waals surface area contributed by atoms with Gasteiger partial charge in [-0.05, 0) is 32.7 Å². The molecule has 0 bridgehead atoms. The predicted octanol–water partition coefficient (Wildman–Crippen LogP) is 1.18. The number of piperidine rings is 1. The minimum absolute atomic E-state index is 0.0152. The molecule has 0 aromatic heterocycles. The molecule has 0 aromatic carbocycles. The Labute approximate surface area is 119 Å². The van der Waals surface area contributed by atoms with E-state index >= 15 is 0 Å². The summed E-state index contributed by atoms with van der Waals surface area (Å²) in [5, 5.41) is 11.3. The van der Waals surface area contributed by atoms with Crippen molar-refractivity contribution in [1.29, 1.82) is 0 Å². The highest BCUT2D eigenvalue weighted by Gasteiger charge is 2.17. The summed E-state index contributed by atoms with van der Waals surface area (Å²) in [6.07, 6.45) is 4.84. The van der Waals surface area contributed by atoms with E-state index in [2.05, 4.69) is 17.1 Å². The van der Waals surface area contributed by atoms with Gasteiger partial charge in [0, 0.05) is 19.1 Å². The van der Waals surface area contributed by atoms with E-state index in [9.17, 15) is 9.59 Å². The third-order valence-corrected chi connectivity index (χ3v) is 4.26. The van der Waals surface area contributed by atoms with Gasteiger partial charge in [0.1, 0.15) is 0 Å². The van der Waals surface area contributed by atoms with E-state index in [1.165, 1.54) is 25.8 Å². The van der Waals surface area contributed by atoms with Crippen molar-refractivity contribution in [3.63, 3.8) is 0 Å². The van der Waals surface area contributed by atoms with E-state index < -0.39 is 5.97 Å². The number of thioether (sulfide) groups is 1. The fraction of sp³-hybridized carbons (Fsp3) is 0.846. The Morgan fingerprint density at radius 2 is 2.16 bits per heavy atom. The summed E-state index contributed by atoms with van der Waals surface area (Å²) in [6, 6.07) is 0.663. The van der Waals surface area contributed by atoms with E-state index in [1.54, 1.807) is 0 Å². The second kappa shape index (κ2) is 9.20. The largest absolute Gasteiger partial charge is 0.481 e. The number of nitrogens with one attached hydrogen (secondary N) is 1. The normalized spacial score (nSPS) is 20.2. The van der Waals surface area contributed by atoms with Crippen LogP contribution in [0.15, 0.2) is 0 Å². The first kappa shape index (κ1) is 16.3. The zero-order chi connectivity index (χ0) is 14.1. The van der Waals surface area contributed by atoms with Gasteiger partial charge in [-0.1, -0.05) is 6.42 Å². The van der Waals surface area contributed by atoms with E-state index in [-0.39, 0.29) is 17.4 Å². The Morgan fingerprint density at radius 3 is 2.84 bits per heavy atom. The maximum atomic E-state index is 11.4. The summed E-state index contributed by atoms with van der Waals surface area (Å²) < 4.78 is 0. The van der Waals surface area contributed by atoms with Gasteiger partial charge in [0.15, 0.2) is 0 Å². The van der Waals surface area contributed by atoms with Crippen molar-refractivity contribution in [1.82, 2.24) is 10.2 Å². The van der Waals surface area contributed by atoms with Crippen LogP contribution in [0.25, 0.3) is 0 Å². The molecule has 1 unspecified atom stereocenters. The lowest BCUT2D eigenvalue weighted by Gasteiger charge is -2.33. The van der Waals surface area contributed by atoms with Crippen molar-refractivity contribution in [2.75, 3.05) is 31.1 Å². The van der Waals surface area contributed by atoms with Crippen LogP contribution >= 0.6 is 11.8 Å². The Kier molecular flexibility index (Phi) is 7.90. The van der Waals surface area contributed by atoms with Gasteiger partial charge in [0.05, 0.1) is 11.5 Å². The molecule has 2 N–H and O–H groups in total. The van der Waals surface area contributed by atoms with Crippen molar-refractivity contribution in [2.45, 2.75) is 38.6 Å². The van der Waals surface area contributed by atoms with Crippen molar-refractivity contribution in [2.24, 2.45) is 0 Å². The number of carbonyl (C=O) groups is 2. The number of carbonyl (C=O) groups excluding carboxylic acids is 1. The second-order valence-corrected chi connectivity index (χ2v) is 5.96. The second-order valence-electron chi connectivity index (χ2n) is 4.97. The zero-order valence-electron chi connectivity index (χ0n) is 11.6. The summed E-state index contributed by atoms with van der Waals surface area (Å²) in [7, 11) is 0. The fourth-order valence-electron chi connectivity index (χ4n) is 2.28. The van der Waals surface area contributed by atoms with Crippen LogP contribution in [0.3, 0.4) is 0 Å².